The Labute approximate surface area is 127 Å². The number of alkyl halides is 3. The van der Waals surface area contributed by atoms with Gasteiger partial charge < -0.3 is 4.90 Å². The molecule has 0 radical (unpaired) electrons. The number of nitrogens with one attached hydrogen (secondary N) is 1. The van der Waals surface area contributed by atoms with Crippen LogP contribution < -0.4 is 4.72 Å². The van der Waals surface area contributed by atoms with Gasteiger partial charge in [-0.15, -0.1) is 0 Å². The summed E-state index contributed by atoms with van der Waals surface area (Å²) in [7, 11) is -3.88. The van der Waals surface area contributed by atoms with Gasteiger partial charge in [0.1, 0.15) is 12.5 Å². The number of amides is 2. The van der Waals surface area contributed by atoms with Gasteiger partial charge in [-0.05, 0) is 26.2 Å². The summed E-state index contributed by atoms with van der Waals surface area (Å²) in [6.45, 7) is 2.33. The van der Waals surface area contributed by atoms with Crippen molar-refractivity contribution in [1.82, 2.24) is 9.62 Å². The molecule has 2 amide bonds. The molecule has 22 heavy (non-hydrogen) atoms. The first-order valence-corrected chi connectivity index (χ1v) is 8.43. The number of piperidine rings is 1. The highest BCUT2D eigenvalue weighted by molar-refractivity contribution is 7.90. The predicted molar refractivity (Wildman–Crippen MR) is 72.2 cm³/mol. The van der Waals surface area contributed by atoms with Crippen molar-refractivity contribution in [3.8, 4) is 0 Å². The molecule has 10 heteroatoms. The smallest absolute Gasteiger partial charge is 0.333 e. The summed E-state index contributed by atoms with van der Waals surface area (Å²) in [6, 6.07) is 0. The molecule has 0 aliphatic carbocycles. The summed E-state index contributed by atoms with van der Waals surface area (Å²) in [5.74, 6) is -4.31. The summed E-state index contributed by atoms with van der Waals surface area (Å²) >= 11 is 0. The molecule has 0 aromatic rings. The lowest BCUT2D eigenvalue weighted by Crippen LogP contribution is -2.51. The van der Waals surface area contributed by atoms with Crippen molar-refractivity contribution in [2.45, 2.75) is 44.5 Å². The molecular weight excluding hydrogens is 325 g/mol. The summed E-state index contributed by atoms with van der Waals surface area (Å²) < 4.78 is 63.2. The van der Waals surface area contributed by atoms with Crippen LogP contribution in [0.15, 0.2) is 0 Å². The van der Waals surface area contributed by atoms with E-state index in [2.05, 4.69) is 0 Å². The van der Waals surface area contributed by atoms with Crippen molar-refractivity contribution in [2.75, 3.05) is 13.1 Å². The van der Waals surface area contributed by atoms with E-state index in [1.165, 1.54) is 6.92 Å². The fourth-order valence-corrected chi connectivity index (χ4v) is 3.11. The Morgan fingerprint density at radius 2 is 2.05 bits per heavy atom. The quantitative estimate of drug-likeness (QED) is 0.807. The molecule has 6 nitrogen and oxygen atoms in total. The third kappa shape index (κ3) is 4.59. The highest BCUT2D eigenvalue weighted by Crippen LogP contribution is 2.33. The number of rotatable bonds is 5. The molecule has 1 heterocycles. The molecule has 128 valence electrons. The van der Waals surface area contributed by atoms with E-state index in [0.29, 0.717) is 0 Å². The van der Waals surface area contributed by atoms with Crippen LogP contribution in [0.25, 0.3) is 0 Å². The summed E-state index contributed by atoms with van der Waals surface area (Å²) in [5, 5.41) is -0.809. The lowest BCUT2D eigenvalue weighted by molar-refractivity contribution is -0.195. The van der Waals surface area contributed by atoms with Crippen LogP contribution in [-0.4, -0.2) is 49.6 Å². The van der Waals surface area contributed by atoms with E-state index in [9.17, 15) is 31.2 Å². The van der Waals surface area contributed by atoms with Gasteiger partial charge in [0.25, 0.3) is 5.91 Å². The predicted octanol–water partition coefficient (Wildman–Crippen LogP) is 1.03. The van der Waals surface area contributed by atoms with Crippen LogP contribution in [0, 0.1) is 5.92 Å². The number of likely N-dealkylation sites (tertiary alicyclic amines) is 1. The van der Waals surface area contributed by atoms with Crippen molar-refractivity contribution in [3.63, 3.8) is 0 Å². The standard InChI is InChI=1S/C12H19F3N2O4S/c1-3-8(2)22(20,21)16-10(18)7-17-6-4-5-9(11(17)19)12(13,14)15/h8-9H,3-7H2,1-2H3,(H,16,18). The molecule has 1 N–H and O–H groups in total. The Morgan fingerprint density at radius 1 is 1.45 bits per heavy atom. The van der Waals surface area contributed by atoms with Crippen molar-refractivity contribution < 1.29 is 31.2 Å². The minimum absolute atomic E-state index is 0.00219. The van der Waals surface area contributed by atoms with Crippen molar-refractivity contribution >= 4 is 21.8 Å². The van der Waals surface area contributed by atoms with Crippen molar-refractivity contribution in [2.24, 2.45) is 5.92 Å². The molecule has 0 spiro atoms. The molecular formula is C12H19F3N2O4S. The molecule has 0 bridgehead atoms. The van der Waals surface area contributed by atoms with E-state index in [0.717, 1.165) is 4.90 Å². The fourth-order valence-electron chi connectivity index (χ4n) is 2.09. The number of carbonyl (C=O) groups is 2. The zero-order valence-electron chi connectivity index (χ0n) is 12.3. The maximum absolute atomic E-state index is 12.7. The topological polar surface area (TPSA) is 83.6 Å². The van der Waals surface area contributed by atoms with E-state index in [1.807, 2.05) is 0 Å². The SMILES string of the molecule is CCC(C)S(=O)(=O)NC(=O)CN1CCCC(C(F)(F)F)C1=O. The Kier molecular flexibility index (Phi) is 5.82. The van der Waals surface area contributed by atoms with Gasteiger partial charge in [-0.2, -0.15) is 13.2 Å². The number of halogens is 3. The normalized spacial score (nSPS) is 21.6. The van der Waals surface area contributed by atoms with Crippen LogP contribution in [-0.2, 0) is 19.6 Å². The van der Waals surface area contributed by atoms with E-state index in [-0.39, 0.29) is 25.8 Å². The molecule has 0 aromatic heterocycles. The van der Waals surface area contributed by atoms with Crippen LogP contribution in [0.5, 0.6) is 0 Å². The lowest BCUT2D eigenvalue weighted by Gasteiger charge is -2.32. The number of hydrogen-bond acceptors (Lipinski definition) is 4. The molecule has 2 atom stereocenters. The van der Waals surface area contributed by atoms with Gasteiger partial charge in [-0.25, -0.2) is 8.42 Å². The van der Waals surface area contributed by atoms with Crippen molar-refractivity contribution in [3.05, 3.63) is 0 Å². The van der Waals surface area contributed by atoms with Gasteiger partial charge >= 0.3 is 6.18 Å². The number of hydrogen-bond donors (Lipinski definition) is 1. The Bertz CT molecular complexity index is 533. The highest BCUT2D eigenvalue weighted by Gasteiger charge is 2.48. The van der Waals surface area contributed by atoms with Crippen molar-refractivity contribution in [1.29, 1.82) is 0 Å². The highest BCUT2D eigenvalue weighted by atomic mass is 32.2. The maximum atomic E-state index is 12.7. The van der Waals surface area contributed by atoms with Gasteiger partial charge in [0.15, 0.2) is 0 Å². The maximum Gasteiger partial charge on any atom is 0.400 e. The van der Waals surface area contributed by atoms with Gasteiger partial charge in [-0.3, -0.25) is 14.3 Å². The third-order valence-corrected chi connectivity index (χ3v) is 5.53. The molecule has 1 saturated heterocycles. The monoisotopic (exact) mass is 344 g/mol. The lowest BCUT2D eigenvalue weighted by atomic mass is 9.96. The first-order chi connectivity index (χ1) is 9.99. The average Bonchev–Trinajstić information content (AvgIpc) is 2.38. The largest absolute Gasteiger partial charge is 0.400 e. The van der Waals surface area contributed by atoms with E-state index in [4.69, 9.17) is 0 Å². The zero-order valence-corrected chi connectivity index (χ0v) is 13.1. The first-order valence-electron chi connectivity index (χ1n) is 6.89. The Morgan fingerprint density at radius 3 is 2.55 bits per heavy atom. The van der Waals surface area contributed by atoms with Gasteiger partial charge in [0.05, 0.1) is 5.25 Å². The molecule has 1 fully saturated rings. The third-order valence-electron chi connectivity index (χ3n) is 3.62. The zero-order chi connectivity index (χ0) is 17.1. The second-order valence-electron chi connectivity index (χ2n) is 5.29. The van der Waals surface area contributed by atoms with Gasteiger partial charge in [0.2, 0.25) is 15.9 Å². The molecule has 2 unspecified atom stereocenters. The second-order valence-corrected chi connectivity index (χ2v) is 7.38. The van der Waals surface area contributed by atoms with Crippen LogP contribution in [0.1, 0.15) is 33.1 Å². The first kappa shape index (κ1) is 18.7. The number of nitrogens with zero attached hydrogens (tertiary/aromatic N) is 1. The van der Waals surface area contributed by atoms with E-state index < -0.39 is 45.7 Å². The number of carbonyl (C=O) groups excluding carboxylic acids is 2. The number of sulfonamides is 1. The van der Waals surface area contributed by atoms with Crippen LogP contribution >= 0.6 is 0 Å². The fraction of sp³-hybridized carbons (Fsp3) is 0.833. The minimum atomic E-state index is -4.66. The van der Waals surface area contributed by atoms with Crippen LogP contribution in [0.3, 0.4) is 0 Å². The molecule has 1 aliphatic heterocycles. The van der Waals surface area contributed by atoms with Crippen LogP contribution in [0.4, 0.5) is 13.2 Å². The molecule has 1 rings (SSSR count). The molecule has 1 aliphatic rings. The second kappa shape index (κ2) is 6.84. The summed E-state index contributed by atoms with van der Waals surface area (Å²) in [4.78, 5) is 24.2. The Hall–Kier alpha value is -1.32. The van der Waals surface area contributed by atoms with Gasteiger partial charge in [-0.1, -0.05) is 6.92 Å². The van der Waals surface area contributed by atoms with E-state index in [1.54, 1.807) is 11.6 Å². The average molecular weight is 344 g/mol. The Balaban J connectivity index is 2.70. The van der Waals surface area contributed by atoms with Gasteiger partial charge in [0, 0.05) is 6.54 Å². The summed E-state index contributed by atoms with van der Waals surface area (Å²) in [6.07, 6.45) is -4.58. The molecule has 0 aromatic carbocycles. The van der Waals surface area contributed by atoms with Crippen LogP contribution in [0.2, 0.25) is 0 Å². The minimum Gasteiger partial charge on any atom is -0.333 e. The molecule has 0 saturated carbocycles. The van der Waals surface area contributed by atoms with E-state index >= 15 is 0 Å². The summed E-state index contributed by atoms with van der Waals surface area (Å²) in [5.41, 5.74) is 0.